The highest BCUT2D eigenvalue weighted by Gasteiger charge is 2.67. The van der Waals surface area contributed by atoms with Crippen LogP contribution in [0.4, 0.5) is 5.69 Å². The van der Waals surface area contributed by atoms with Crippen molar-refractivity contribution < 1.29 is 28.7 Å². The van der Waals surface area contributed by atoms with E-state index in [4.69, 9.17) is 9.47 Å². The molecular formula is C33H27NO6. The third-order valence-electron chi connectivity index (χ3n) is 8.78. The molecule has 1 heterocycles. The monoisotopic (exact) mass is 533 g/mol. The summed E-state index contributed by atoms with van der Waals surface area (Å²) < 4.78 is 11.0. The average Bonchev–Trinajstić information content (AvgIpc) is 3.78. The Bertz CT molecular complexity index is 1490. The van der Waals surface area contributed by atoms with E-state index in [-0.39, 0.29) is 46.8 Å². The SMILES string of the molecule is O=C(COC(=O)c1ccc(N2C(=O)[C@@H]3[C@H]4C=C[C@@H]([C@@H]5C[C@@H]45)[C@H]3C2=O)cc1)c1ccc(OCc2ccccc2)cc1. The molecule has 8 rings (SSSR count). The van der Waals surface area contributed by atoms with Crippen molar-refractivity contribution >= 4 is 29.3 Å². The summed E-state index contributed by atoms with van der Waals surface area (Å²) in [5.74, 6) is 0.212. The molecule has 0 unspecified atom stereocenters. The first-order valence-electron chi connectivity index (χ1n) is 13.6. The number of benzene rings is 3. The number of nitrogens with zero attached hydrogens (tertiary/aromatic N) is 1. The summed E-state index contributed by atoms with van der Waals surface area (Å²) >= 11 is 0. The minimum Gasteiger partial charge on any atom is -0.489 e. The van der Waals surface area contributed by atoms with Gasteiger partial charge in [0.1, 0.15) is 12.4 Å². The van der Waals surface area contributed by atoms with Gasteiger partial charge in [-0.1, -0.05) is 42.5 Å². The Balaban J connectivity index is 0.946. The number of allylic oxidation sites excluding steroid dienone is 2. The normalized spacial score (nSPS) is 27.2. The average molecular weight is 534 g/mol. The van der Waals surface area contributed by atoms with E-state index < -0.39 is 12.6 Å². The molecule has 3 aromatic carbocycles. The summed E-state index contributed by atoms with van der Waals surface area (Å²) in [7, 11) is 0. The first-order chi connectivity index (χ1) is 19.5. The molecule has 40 heavy (non-hydrogen) atoms. The maximum absolute atomic E-state index is 13.3. The lowest BCUT2D eigenvalue weighted by Crippen LogP contribution is -2.40. The molecule has 1 aliphatic heterocycles. The van der Waals surface area contributed by atoms with Gasteiger partial charge < -0.3 is 9.47 Å². The van der Waals surface area contributed by atoms with Crippen LogP contribution in [-0.4, -0.2) is 30.2 Å². The van der Waals surface area contributed by atoms with Gasteiger partial charge in [-0.25, -0.2) is 4.79 Å². The van der Waals surface area contributed by atoms with E-state index in [1.807, 2.05) is 30.3 Å². The molecule has 4 aliphatic carbocycles. The van der Waals surface area contributed by atoms with Crippen molar-refractivity contribution in [2.24, 2.45) is 35.5 Å². The Morgan fingerprint density at radius 1 is 0.750 bits per heavy atom. The van der Waals surface area contributed by atoms with E-state index in [2.05, 4.69) is 12.2 Å². The van der Waals surface area contributed by atoms with E-state index >= 15 is 0 Å². The molecule has 3 aromatic rings. The Kier molecular flexibility index (Phi) is 5.88. The molecule has 6 atom stereocenters. The van der Waals surface area contributed by atoms with Crippen LogP contribution in [0.25, 0.3) is 0 Å². The lowest BCUT2D eigenvalue weighted by molar-refractivity contribution is -0.124. The van der Waals surface area contributed by atoms with E-state index in [1.165, 1.54) is 17.0 Å². The molecule has 5 aliphatic rings. The fourth-order valence-electron chi connectivity index (χ4n) is 6.73. The molecule has 0 spiro atoms. The Hall–Kier alpha value is -4.52. The second-order valence-electron chi connectivity index (χ2n) is 11.0. The van der Waals surface area contributed by atoms with Crippen molar-refractivity contribution in [3.8, 4) is 5.75 Å². The lowest BCUT2D eigenvalue weighted by atomic mass is 9.63. The van der Waals surface area contributed by atoms with Gasteiger partial charge >= 0.3 is 5.97 Å². The van der Waals surface area contributed by atoms with Crippen LogP contribution < -0.4 is 9.64 Å². The Morgan fingerprint density at radius 2 is 1.35 bits per heavy atom. The molecule has 2 saturated carbocycles. The minimum atomic E-state index is -0.655. The van der Waals surface area contributed by atoms with Gasteiger partial charge in [0.05, 0.1) is 23.1 Å². The molecule has 3 fully saturated rings. The fourth-order valence-corrected chi connectivity index (χ4v) is 6.73. The van der Waals surface area contributed by atoms with Crippen molar-refractivity contribution in [2.75, 3.05) is 11.5 Å². The molecule has 0 aromatic heterocycles. The van der Waals surface area contributed by atoms with E-state index in [9.17, 15) is 19.2 Å². The standard InChI is InChI=1S/C33H27NO6/c35-28(20-8-12-23(13-9-20)39-17-19-4-2-1-3-5-19)18-40-33(38)21-6-10-22(11-7-21)34-31(36)29-24-14-15-25(27-16-26(24)27)30(29)32(34)37/h1-15,24-27,29-30H,16-18H2/t24-,25-,26-,27-,29+,30+/m0/s1. The summed E-state index contributed by atoms with van der Waals surface area (Å²) in [4.78, 5) is 53.1. The third-order valence-corrected chi connectivity index (χ3v) is 8.78. The van der Waals surface area contributed by atoms with Crippen LogP contribution in [0.3, 0.4) is 0 Å². The van der Waals surface area contributed by atoms with Crippen LogP contribution in [0.5, 0.6) is 5.75 Å². The van der Waals surface area contributed by atoms with Gasteiger partial charge in [0.2, 0.25) is 11.8 Å². The lowest BCUT2D eigenvalue weighted by Gasteiger charge is -2.37. The molecule has 7 nitrogen and oxygen atoms in total. The number of imide groups is 1. The molecule has 0 N–H and O–H groups in total. The highest BCUT2D eigenvalue weighted by atomic mass is 16.5. The highest BCUT2D eigenvalue weighted by molar-refractivity contribution is 6.22. The zero-order chi connectivity index (χ0) is 27.4. The van der Waals surface area contributed by atoms with Crippen molar-refractivity contribution in [1.29, 1.82) is 0 Å². The zero-order valence-corrected chi connectivity index (χ0v) is 21.6. The first kappa shape index (κ1) is 24.5. The second-order valence-corrected chi connectivity index (χ2v) is 11.0. The van der Waals surface area contributed by atoms with Crippen molar-refractivity contribution in [3.63, 3.8) is 0 Å². The van der Waals surface area contributed by atoms with Gasteiger partial charge in [-0.15, -0.1) is 0 Å². The van der Waals surface area contributed by atoms with Crippen molar-refractivity contribution in [1.82, 2.24) is 0 Å². The molecule has 200 valence electrons. The van der Waals surface area contributed by atoms with E-state index in [1.54, 1.807) is 36.4 Å². The number of Topliss-reactive ketones (excluding diaryl/α,β-unsaturated/α-hetero) is 1. The summed E-state index contributed by atoms with van der Waals surface area (Å²) in [6.45, 7) is 0.0142. The quantitative estimate of drug-likeness (QED) is 0.178. The number of ether oxygens (including phenoxy) is 2. The fraction of sp³-hybridized carbons (Fsp3) is 0.273. The third kappa shape index (κ3) is 4.13. The maximum Gasteiger partial charge on any atom is 0.338 e. The van der Waals surface area contributed by atoms with E-state index in [0.717, 1.165) is 12.0 Å². The van der Waals surface area contributed by atoms with Gasteiger partial charge in [-0.2, -0.15) is 0 Å². The maximum atomic E-state index is 13.3. The predicted molar refractivity (Wildman–Crippen MR) is 145 cm³/mol. The topological polar surface area (TPSA) is 90.0 Å². The molecular weight excluding hydrogens is 506 g/mol. The number of amides is 2. The predicted octanol–water partition coefficient (Wildman–Crippen LogP) is 4.86. The highest BCUT2D eigenvalue weighted by Crippen LogP contribution is 2.65. The van der Waals surface area contributed by atoms with Gasteiger partial charge in [0.25, 0.3) is 0 Å². The van der Waals surface area contributed by atoms with Gasteiger partial charge in [0.15, 0.2) is 12.4 Å². The summed E-state index contributed by atoms with van der Waals surface area (Å²) in [5.41, 5.74) is 2.14. The first-order valence-corrected chi connectivity index (χ1v) is 13.6. The van der Waals surface area contributed by atoms with Crippen molar-refractivity contribution in [3.05, 3.63) is 108 Å². The number of carbonyl (C=O) groups excluding carboxylic acids is 4. The largest absolute Gasteiger partial charge is 0.489 e. The number of anilines is 1. The smallest absolute Gasteiger partial charge is 0.338 e. The van der Waals surface area contributed by atoms with Crippen LogP contribution in [0.15, 0.2) is 91.0 Å². The van der Waals surface area contributed by atoms with Crippen molar-refractivity contribution in [2.45, 2.75) is 13.0 Å². The van der Waals surface area contributed by atoms with Crippen LogP contribution in [0.1, 0.15) is 32.7 Å². The number of esters is 1. The van der Waals surface area contributed by atoms with E-state index in [0.29, 0.717) is 35.4 Å². The number of hydrogen-bond donors (Lipinski definition) is 0. The van der Waals surface area contributed by atoms with Gasteiger partial charge in [-0.05, 0) is 84.2 Å². The number of ketones is 1. The minimum absolute atomic E-state index is 0.142. The Morgan fingerprint density at radius 3 is 1.98 bits per heavy atom. The molecule has 7 heteroatoms. The summed E-state index contributed by atoms with van der Waals surface area (Å²) in [6.07, 6.45) is 5.40. The van der Waals surface area contributed by atoms with Gasteiger partial charge in [-0.3, -0.25) is 19.3 Å². The van der Waals surface area contributed by atoms with Crippen LogP contribution >= 0.6 is 0 Å². The zero-order valence-electron chi connectivity index (χ0n) is 21.6. The second kappa shape index (κ2) is 9.59. The van der Waals surface area contributed by atoms with Crippen LogP contribution in [0.2, 0.25) is 0 Å². The Labute approximate surface area is 231 Å². The molecule has 2 amide bonds. The molecule has 2 bridgehead atoms. The summed E-state index contributed by atoms with van der Waals surface area (Å²) in [6, 6.07) is 22.7. The number of carbonyl (C=O) groups is 4. The number of rotatable bonds is 8. The molecule has 0 radical (unpaired) electrons. The van der Waals surface area contributed by atoms with Crippen LogP contribution in [-0.2, 0) is 20.9 Å². The van der Waals surface area contributed by atoms with Crippen LogP contribution in [0, 0.1) is 35.5 Å². The molecule has 1 saturated heterocycles. The summed E-state index contributed by atoms with van der Waals surface area (Å²) in [5, 5.41) is 0. The number of hydrogen-bond acceptors (Lipinski definition) is 6. The van der Waals surface area contributed by atoms with Gasteiger partial charge in [0, 0.05) is 5.56 Å².